The van der Waals surface area contributed by atoms with Crippen LogP contribution in [0, 0.1) is 0 Å². The number of morpholine rings is 1. The Morgan fingerprint density at radius 1 is 1.23 bits per heavy atom. The number of amides is 1. The normalized spacial score (nSPS) is 27.8. The van der Waals surface area contributed by atoms with Gasteiger partial charge in [0, 0.05) is 19.0 Å². The Kier molecular flexibility index (Phi) is 5.25. The Morgan fingerprint density at radius 2 is 1.92 bits per heavy atom. The summed E-state index contributed by atoms with van der Waals surface area (Å²) in [4.78, 5) is 20.9. The summed E-state index contributed by atoms with van der Waals surface area (Å²) in [5, 5.41) is 1.24. The molecule has 1 N–H and O–H groups in total. The Labute approximate surface area is 159 Å². The number of rotatable bonds is 3. The largest absolute Gasteiger partial charge is 0.364 e. The van der Waals surface area contributed by atoms with Gasteiger partial charge in [0.05, 0.1) is 15.2 Å². The number of hydrogen-bond acceptors (Lipinski definition) is 4. The van der Waals surface area contributed by atoms with Crippen LogP contribution in [0.25, 0.3) is 10.2 Å². The topological polar surface area (TPSA) is 46.9 Å². The van der Waals surface area contributed by atoms with Crippen LogP contribution in [0.15, 0.2) is 24.3 Å². The highest BCUT2D eigenvalue weighted by Gasteiger charge is 2.31. The highest BCUT2D eigenvalue weighted by atomic mass is 32.1. The number of nitrogens with one attached hydrogen (secondary N) is 1. The number of piperidine rings is 1. The van der Waals surface area contributed by atoms with Crippen molar-refractivity contribution >= 4 is 27.5 Å². The first-order valence-electron chi connectivity index (χ1n) is 9.70. The molecular formula is C20H28N3O2S+. The van der Waals surface area contributed by atoms with Crippen molar-refractivity contribution in [2.75, 3.05) is 32.7 Å². The lowest BCUT2D eigenvalue weighted by Gasteiger charge is -2.35. The zero-order chi connectivity index (χ0) is 18.1. The Balaban J connectivity index is 1.32. The van der Waals surface area contributed by atoms with E-state index in [1.54, 1.807) is 0 Å². The maximum absolute atomic E-state index is 12.7. The summed E-state index contributed by atoms with van der Waals surface area (Å²) in [6, 6.07) is 8.34. The lowest BCUT2D eigenvalue weighted by molar-refractivity contribution is -0.907. The first kappa shape index (κ1) is 17.9. The second-order valence-corrected chi connectivity index (χ2v) is 8.83. The summed E-state index contributed by atoms with van der Waals surface area (Å²) >= 11 is 1.81. The van der Waals surface area contributed by atoms with E-state index >= 15 is 0 Å². The van der Waals surface area contributed by atoms with Gasteiger partial charge in [-0.2, -0.15) is 0 Å². The lowest BCUT2D eigenvalue weighted by Crippen LogP contribution is -3.16. The van der Waals surface area contributed by atoms with Crippen LogP contribution in [0.2, 0.25) is 0 Å². The summed E-state index contributed by atoms with van der Waals surface area (Å²) in [7, 11) is 0. The van der Waals surface area contributed by atoms with Gasteiger partial charge in [-0.05, 0) is 38.8 Å². The minimum Gasteiger partial charge on any atom is -0.364 e. The molecule has 2 aliphatic heterocycles. The molecule has 2 saturated heterocycles. The SMILES string of the molecule is C[C@@H]1C[NH+](CC(=O)N2CCC(c3nc4ccccc4s3)CC2)C[C@H](C)O1. The molecular weight excluding hydrogens is 346 g/mol. The molecule has 2 fully saturated rings. The first-order chi connectivity index (χ1) is 12.6. The van der Waals surface area contributed by atoms with Crippen molar-refractivity contribution in [3.8, 4) is 0 Å². The van der Waals surface area contributed by atoms with Crippen molar-refractivity contribution in [3.63, 3.8) is 0 Å². The molecule has 1 unspecified atom stereocenters. The van der Waals surface area contributed by atoms with Gasteiger partial charge in [-0.25, -0.2) is 4.98 Å². The first-order valence-corrected chi connectivity index (χ1v) is 10.5. The number of carbonyl (C=O) groups is 1. The summed E-state index contributed by atoms with van der Waals surface area (Å²) < 4.78 is 7.04. The number of ether oxygens (including phenoxy) is 1. The maximum Gasteiger partial charge on any atom is 0.277 e. The number of aromatic nitrogens is 1. The smallest absolute Gasteiger partial charge is 0.277 e. The van der Waals surface area contributed by atoms with Gasteiger partial charge in [-0.1, -0.05) is 12.1 Å². The van der Waals surface area contributed by atoms with Crippen molar-refractivity contribution in [3.05, 3.63) is 29.3 Å². The van der Waals surface area contributed by atoms with Gasteiger partial charge in [-0.15, -0.1) is 11.3 Å². The zero-order valence-corrected chi connectivity index (χ0v) is 16.4. The van der Waals surface area contributed by atoms with Gasteiger partial charge in [0.25, 0.3) is 5.91 Å². The van der Waals surface area contributed by atoms with E-state index in [1.807, 2.05) is 17.4 Å². The molecule has 1 aromatic heterocycles. The van der Waals surface area contributed by atoms with Gasteiger partial charge in [0.1, 0.15) is 25.3 Å². The molecule has 2 aromatic rings. The molecule has 0 saturated carbocycles. The third-order valence-electron chi connectivity index (χ3n) is 5.53. The van der Waals surface area contributed by atoms with Crippen LogP contribution in [-0.2, 0) is 9.53 Å². The van der Waals surface area contributed by atoms with Crippen molar-refractivity contribution in [2.24, 2.45) is 0 Å². The fourth-order valence-corrected chi connectivity index (χ4v) is 5.44. The molecule has 26 heavy (non-hydrogen) atoms. The summed E-state index contributed by atoms with van der Waals surface area (Å²) in [5.74, 6) is 0.788. The van der Waals surface area contributed by atoms with E-state index in [1.165, 1.54) is 14.6 Å². The molecule has 3 atom stereocenters. The minimum atomic E-state index is 0.242. The van der Waals surface area contributed by atoms with Crippen LogP contribution in [0.5, 0.6) is 0 Å². The number of quaternary nitrogens is 1. The Morgan fingerprint density at radius 3 is 2.62 bits per heavy atom. The van der Waals surface area contributed by atoms with E-state index in [4.69, 9.17) is 9.72 Å². The van der Waals surface area contributed by atoms with E-state index in [2.05, 4.69) is 36.9 Å². The summed E-state index contributed by atoms with van der Waals surface area (Å²) in [6.07, 6.45) is 2.53. The monoisotopic (exact) mass is 374 g/mol. The summed E-state index contributed by atoms with van der Waals surface area (Å²) in [6.45, 7) is 8.37. The van der Waals surface area contributed by atoms with Crippen LogP contribution in [0.1, 0.15) is 37.6 Å². The second kappa shape index (κ2) is 7.62. The number of nitrogens with zero attached hydrogens (tertiary/aromatic N) is 2. The standard InChI is InChI=1S/C20H27N3O2S/c1-14-11-22(12-15(2)25-14)13-19(24)23-9-7-16(8-10-23)20-21-17-5-3-4-6-18(17)26-20/h3-6,14-16H,7-13H2,1-2H3/p+1/t14-,15+. The number of likely N-dealkylation sites (tertiary alicyclic amines) is 1. The fourth-order valence-electron chi connectivity index (χ4n) is 4.30. The van der Waals surface area contributed by atoms with Gasteiger partial charge < -0.3 is 14.5 Å². The molecule has 1 amide bonds. The summed E-state index contributed by atoms with van der Waals surface area (Å²) in [5.41, 5.74) is 1.10. The molecule has 3 heterocycles. The van der Waals surface area contributed by atoms with Crippen LogP contribution in [0.3, 0.4) is 0 Å². The zero-order valence-electron chi connectivity index (χ0n) is 15.6. The average molecular weight is 375 g/mol. The van der Waals surface area contributed by atoms with E-state index < -0.39 is 0 Å². The quantitative estimate of drug-likeness (QED) is 0.889. The molecule has 2 aliphatic rings. The molecule has 0 radical (unpaired) electrons. The third kappa shape index (κ3) is 3.92. The van der Waals surface area contributed by atoms with Gasteiger partial charge in [0.15, 0.2) is 6.54 Å². The molecule has 0 bridgehead atoms. The van der Waals surface area contributed by atoms with E-state index in [-0.39, 0.29) is 12.2 Å². The number of hydrogen-bond donors (Lipinski definition) is 1. The van der Waals surface area contributed by atoms with Crippen LogP contribution >= 0.6 is 11.3 Å². The Hall–Kier alpha value is -1.50. The molecule has 4 rings (SSSR count). The van der Waals surface area contributed by atoms with Crippen LogP contribution in [0.4, 0.5) is 0 Å². The van der Waals surface area contributed by atoms with E-state index in [0.717, 1.165) is 44.5 Å². The number of carbonyl (C=O) groups excluding carboxylic acids is 1. The van der Waals surface area contributed by atoms with E-state index in [9.17, 15) is 4.79 Å². The van der Waals surface area contributed by atoms with Gasteiger partial charge in [-0.3, -0.25) is 4.79 Å². The Bertz CT molecular complexity index is 726. The molecule has 1 aromatic carbocycles. The van der Waals surface area contributed by atoms with Crippen molar-refractivity contribution in [1.29, 1.82) is 0 Å². The highest BCUT2D eigenvalue weighted by molar-refractivity contribution is 7.18. The van der Waals surface area contributed by atoms with Gasteiger partial charge in [0.2, 0.25) is 0 Å². The number of benzene rings is 1. The maximum atomic E-state index is 12.7. The fraction of sp³-hybridized carbons (Fsp3) is 0.600. The lowest BCUT2D eigenvalue weighted by atomic mass is 9.97. The van der Waals surface area contributed by atoms with Crippen molar-refractivity contribution in [1.82, 2.24) is 9.88 Å². The number of fused-ring (bicyclic) bond motifs is 1. The third-order valence-corrected chi connectivity index (χ3v) is 6.72. The van der Waals surface area contributed by atoms with E-state index in [0.29, 0.717) is 18.4 Å². The second-order valence-electron chi connectivity index (χ2n) is 7.77. The average Bonchev–Trinajstić information content (AvgIpc) is 3.05. The number of para-hydroxylation sites is 1. The number of thiazole rings is 1. The minimum absolute atomic E-state index is 0.242. The van der Waals surface area contributed by atoms with Gasteiger partial charge >= 0.3 is 0 Å². The van der Waals surface area contributed by atoms with Crippen LogP contribution in [-0.4, -0.2) is 60.7 Å². The van der Waals surface area contributed by atoms with Crippen molar-refractivity contribution in [2.45, 2.75) is 44.8 Å². The predicted molar refractivity (Wildman–Crippen MR) is 104 cm³/mol. The molecule has 0 aliphatic carbocycles. The van der Waals surface area contributed by atoms with Crippen molar-refractivity contribution < 1.29 is 14.4 Å². The molecule has 0 spiro atoms. The van der Waals surface area contributed by atoms with Crippen LogP contribution < -0.4 is 4.90 Å². The molecule has 140 valence electrons. The molecule has 5 nitrogen and oxygen atoms in total. The highest BCUT2D eigenvalue weighted by Crippen LogP contribution is 2.33. The molecule has 6 heteroatoms. The predicted octanol–water partition coefficient (Wildman–Crippen LogP) is 1.69.